The number of ether oxygens (including phenoxy) is 1. The summed E-state index contributed by atoms with van der Waals surface area (Å²) in [6, 6.07) is 18.2. The van der Waals surface area contributed by atoms with Crippen LogP contribution < -0.4 is 15.0 Å². The summed E-state index contributed by atoms with van der Waals surface area (Å²) >= 11 is 3.42. The lowest BCUT2D eigenvalue weighted by Crippen LogP contribution is -2.49. The first-order chi connectivity index (χ1) is 15.5. The van der Waals surface area contributed by atoms with Crippen LogP contribution in [-0.2, 0) is 0 Å². The van der Waals surface area contributed by atoms with E-state index in [0.29, 0.717) is 48.7 Å². The van der Waals surface area contributed by atoms with Crippen molar-refractivity contribution < 1.29 is 14.3 Å². The largest absolute Gasteiger partial charge is 0.496 e. The Kier molecular flexibility index (Phi) is 6.70. The molecule has 1 aromatic heterocycles. The lowest BCUT2D eigenvalue weighted by molar-refractivity contribution is 0.0746. The third-order valence-corrected chi connectivity index (χ3v) is 5.81. The zero-order valence-electron chi connectivity index (χ0n) is 17.6. The number of anilines is 2. The number of pyridine rings is 1. The molecule has 0 aliphatic carbocycles. The monoisotopic (exact) mass is 494 g/mol. The minimum atomic E-state index is -0.253. The van der Waals surface area contributed by atoms with Gasteiger partial charge in [-0.25, -0.2) is 4.98 Å². The van der Waals surface area contributed by atoms with E-state index in [0.717, 1.165) is 10.3 Å². The highest BCUT2D eigenvalue weighted by Crippen LogP contribution is 2.21. The maximum atomic E-state index is 12.7. The first-order valence-corrected chi connectivity index (χ1v) is 11.0. The van der Waals surface area contributed by atoms with E-state index in [4.69, 9.17) is 4.74 Å². The number of halogens is 1. The van der Waals surface area contributed by atoms with Crippen LogP contribution >= 0.6 is 15.9 Å². The minimum absolute atomic E-state index is 0.0355. The molecule has 8 heteroatoms. The zero-order chi connectivity index (χ0) is 22.5. The Labute approximate surface area is 195 Å². The van der Waals surface area contributed by atoms with Gasteiger partial charge in [0, 0.05) is 36.2 Å². The molecule has 0 atom stereocenters. The molecule has 1 aliphatic rings. The van der Waals surface area contributed by atoms with Crippen LogP contribution in [0.1, 0.15) is 20.7 Å². The van der Waals surface area contributed by atoms with Gasteiger partial charge in [-0.2, -0.15) is 0 Å². The van der Waals surface area contributed by atoms with Crippen LogP contribution in [0.3, 0.4) is 0 Å². The van der Waals surface area contributed by atoms with Gasteiger partial charge in [-0.1, -0.05) is 34.1 Å². The van der Waals surface area contributed by atoms with Gasteiger partial charge in [-0.05, 0) is 42.5 Å². The highest BCUT2D eigenvalue weighted by Gasteiger charge is 2.23. The van der Waals surface area contributed by atoms with E-state index in [-0.39, 0.29) is 11.8 Å². The summed E-state index contributed by atoms with van der Waals surface area (Å²) in [6.07, 6.45) is 1.64. The topological polar surface area (TPSA) is 74.8 Å². The van der Waals surface area contributed by atoms with Crippen LogP contribution in [0.15, 0.2) is 71.3 Å². The standard InChI is InChI=1S/C24H23BrN4O3/c1-32-21-8-3-2-7-20(21)23(30)27-19-9-10-22(26-16-19)28-11-13-29(14-12-28)24(31)17-5-4-6-18(25)15-17/h2-10,15-16H,11-14H2,1H3,(H,27,30). The number of nitrogens with one attached hydrogen (secondary N) is 1. The fourth-order valence-corrected chi connectivity index (χ4v) is 4.02. The number of hydrogen-bond acceptors (Lipinski definition) is 5. The summed E-state index contributed by atoms with van der Waals surface area (Å²) in [4.78, 5) is 33.8. The summed E-state index contributed by atoms with van der Waals surface area (Å²) in [7, 11) is 1.54. The van der Waals surface area contributed by atoms with E-state index < -0.39 is 0 Å². The van der Waals surface area contributed by atoms with Gasteiger partial charge < -0.3 is 19.9 Å². The second kappa shape index (κ2) is 9.82. The van der Waals surface area contributed by atoms with Gasteiger partial charge in [0.25, 0.3) is 11.8 Å². The number of rotatable bonds is 5. The molecule has 2 amide bonds. The molecular formula is C24H23BrN4O3. The maximum Gasteiger partial charge on any atom is 0.259 e. The fourth-order valence-electron chi connectivity index (χ4n) is 3.62. The highest BCUT2D eigenvalue weighted by molar-refractivity contribution is 9.10. The minimum Gasteiger partial charge on any atom is -0.496 e. The Morgan fingerprint density at radius 1 is 1.00 bits per heavy atom. The second-order valence-corrected chi connectivity index (χ2v) is 8.26. The van der Waals surface area contributed by atoms with Gasteiger partial charge in [0.15, 0.2) is 0 Å². The number of aromatic nitrogens is 1. The molecule has 1 saturated heterocycles. The van der Waals surface area contributed by atoms with Crippen LogP contribution in [-0.4, -0.2) is 55.0 Å². The average Bonchev–Trinajstić information content (AvgIpc) is 2.84. The van der Waals surface area contributed by atoms with Gasteiger partial charge in [-0.15, -0.1) is 0 Å². The number of para-hydroxylation sites is 1. The molecule has 2 heterocycles. The van der Waals surface area contributed by atoms with Crippen molar-refractivity contribution in [2.45, 2.75) is 0 Å². The lowest BCUT2D eigenvalue weighted by Gasteiger charge is -2.35. The van der Waals surface area contributed by atoms with Crippen molar-refractivity contribution in [1.29, 1.82) is 0 Å². The van der Waals surface area contributed by atoms with E-state index in [1.807, 2.05) is 47.4 Å². The lowest BCUT2D eigenvalue weighted by atomic mass is 10.2. The molecule has 0 radical (unpaired) electrons. The molecule has 7 nitrogen and oxygen atoms in total. The molecule has 32 heavy (non-hydrogen) atoms. The van der Waals surface area contributed by atoms with Crippen molar-refractivity contribution in [3.05, 3.63) is 82.5 Å². The molecule has 0 saturated carbocycles. The number of benzene rings is 2. The number of carbonyl (C=O) groups is 2. The number of carbonyl (C=O) groups excluding carboxylic acids is 2. The molecule has 0 spiro atoms. The first kappa shape index (κ1) is 21.8. The number of amides is 2. The Hall–Kier alpha value is -3.39. The van der Waals surface area contributed by atoms with Crippen molar-refractivity contribution in [2.24, 2.45) is 0 Å². The van der Waals surface area contributed by atoms with E-state index in [1.165, 1.54) is 7.11 Å². The number of piperazine rings is 1. The molecular weight excluding hydrogens is 472 g/mol. The molecule has 1 fully saturated rings. The van der Waals surface area contributed by atoms with Gasteiger partial charge in [-0.3, -0.25) is 9.59 Å². The molecule has 0 unspecified atom stereocenters. The predicted molar refractivity (Wildman–Crippen MR) is 127 cm³/mol. The van der Waals surface area contributed by atoms with Crippen LogP contribution in [0.2, 0.25) is 0 Å². The van der Waals surface area contributed by atoms with E-state index in [1.54, 1.807) is 24.4 Å². The van der Waals surface area contributed by atoms with E-state index >= 15 is 0 Å². The smallest absolute Gasteiger partial charge is 0.259 e. The van der Waals surface area contributed by atoms with Gasteiger partial charge in [0.1, 0.15) is 11.6 Å². The molecule has 2 aromatic carbocycles. The normalized spacial score (nSPS) is 13.6. The summed E-state index contributed by atoms with van der Waals surface area (Å²) < 4.78 is 6.14. The highest BCUT2D eigenvalue weighted by atomic mass is 79.9. The maximum absolute atomic E-state index is 12.7. The number of hydrogen-bond donors (Lipinski definition) is 1. The molecule has 164 valence electrons. The Morgan fingerprint density at radius 3 is 2.47 bits per heavy atom. The predicted octanol–water partition coefficient (Wildman–Crippen LogP) is 4.07. The number of methoxy groups -OCH3 is 1. The van der Waals surface area contributed by atoms with Crippen molar-refractivity contribution in [1.82, 2.24) is 9.88 Å². The Morgan fingerprint density at radius 2 is 1.78 bits per heavy atom. The van der Waals surface area contributed by atoms with Crippen molar-refractivity contribution >= 4 is 39.2 Å². The third-order valence-electron chi connectivity index (χ3n) is 5.32. The molecule has 3 aromatic rings. The van der Waals surface area contributed by atoms with Crippen LogP contribution in [0.4, 0.5) is 11.5 Å². The van der Waals surface area contributed by atoms with Gasteiger partial charge in [0.05, 0.1) is 24.6 Å². The molecule has 0 bridgehead atoms. The van der Waals surface area contributed by atoms with Crippen molar-refractivity contribution in [2.75, 3.05) is 43.5 Å². The van der Waals surface area contributed by atoms with E-state index in [9.17, 15) is 9.59 Å². The first-order valence-electron chi connectivity index (χ1n) is 10.3. The third kappa shape index (κ3) is 4.91. The molecule has 1 N–H and O–H groups in total. The van der Waals surface area contributed by atoms with E-state index in [2.05, 4.69) is 31.1 Å². The molecule has 4 rings (SSSR count). The summed E-state index contributed by atoms with van der Waals surface area (Å²) in [6.45, 7) is 2.64. The second-order valence-electron chi connectivity index (χ2n) is 7.35. The van der Waals surface area contributed by atoms with Crippen LogP contribution in [0.25, 0.3) is 0 Å². The number of nitrogens with zero attached hydrogens (tertiary/aromatic N) is 3. The summed E-state index contributed by atoms with van der Waals surface area (Å²) in [5.74, 6) is 1.12. The SMILES string of the molecule is COc1ccccc1C(=O)Nc1ccc(N2CCN(C(=O)c3cccc(Br)c3)CC2)nc1. The molecule has 1 aliphatic heterocycles. The zero-order valence-corrected chi connectivity index (χ0v) is 19.2. The van der Waals surface area contributed by atoms with Crippen LogP contribution in [0, 0.1) is 0 Å². The Balaban J connectivity index is 1.35. The Bertz CT molecular complexity index is 1110. The van der Waals surface area contributed by atoms with Crippen molar-refractivity contribution in [3.63, 3.8) is 0 Å². The van der Waals surface area contributed by atoms with Gasteiger partial charge in [0.2, 0.25) is 0 Å². The quantitative estimate of drug-likeness (QED) is 0.578. The summed E-state index contributed by atoms with van der Waals surface area (Å²) in [5, 5.41) is 2.85. The van der Waals surface area contributed by atoms with Crippen molar-refractivity contribution in [3.8, 4) is 5.75 Å². The average molecular weight is 495 g/mol. The van der Waals surface area contributed by atoms with Crippen LogP contribution in [0.5, 0.6) is 5.75 Å². The summed E-state index contributed by atoms with van der Waals surface area (Å²) in [5.41, 5.74) is 1.75. The van der Waals surface area contributed by atoms with Gasteiger partial charge >= 0.3 is 0 Å². The fraction of sp³-hybridized carbons (Fsp3) is 0.208.